The molecule has 0 radical (unpaired) electrons. The van der Waals surface area contributed by atoms with Crippen molar-refractivity contribution in [1.82, 2.24) is 0 Å². The molecular weight excluding hydrogens is 463 g/mol. The number of rotatable bonds is 18. The van der Waals surface area contributed by atoms with Crippen molar-refractivity contribution < 1.29 is 4.43 Å². The van der Waals surface area contributed by atoms with E-state index >= 15 is 0 Å². The summed E-state index contributed by atoms with van der Waals surface area (Å²) in [5.74, 6) is 0. The number of unbranched alkanes of at least 4 members (excludes halogenated alkanes) is 4. The maximum atomic E-state index is 6.85. The summed E-state index contributed by atoms with van der Waals surface area (Å²) >= 11 is -2.16. The van der Waals surface area contributed by atoms with Crippen LogP contribution in [0.1, 0.15) is 105 Å². The van der Waals surface area contributed by atoms with E-state index in [2.05, 4.69) is 64.4 Å². The molecule has 168 valence electrons. The Morgan fingerprint density at radius 3 is 1.57 bits per heavy atom. The molecular formula is C25H54OSiSn. The fourth-order valence-electron chi connectivity index (χ4n) is 4.47. The van der Waals surface area contributed by atoms with Gasteiger partial charge in [0, 0.05) is 0 Å². The van der Waals surface area contributed by atoms with Crippen LogP contribution < -0.4 is 0 Å². The molecule has 1 atom stereocenters. The van der Waals surface area contributed by atoms with E-state index in [1.54, 1.807) is 13.3 Å². The van der Waals surface area contributed by atoms with Crippen LogP contribution in [0.25, 0.3) is 0 Å². The normalized spacial score (nSPS) is 15.3. The Kier molecular flexibility index (Phi) is 15.9. The van der Waals surface area contributed by atoms with Crippen LogP contribution in [0.2, 0.25) is 33.0 Å². The molecule has 3 heteroatoms. The molecule has 0 rings (SSSR count). The Morgan fingerprint density at radius 1 is 0.750 bits per heavy atom. The third-order valence-electron chi connectivity index (χ3n) is 6.20. The van der Waals surface area contributed by atoms with Crippen LogP contribution in [0.5, 0.6) is 0 Å². The van der Waals surface area contributed by atoms with E-state index in [1.807, 2.05) is 0 Å². The topological polar surface area (TPSA) is 9.23 Å². The van der Waals surface area contributed by atoms with Crippen LogP contribution in [0.15, 0.2) is 10.2 Å². The summed E-state index contributed by atoms with van der Waals surface area (Å²) in [6.07, 6.45) is 17.2. The molecule has 0 fully saturated rings. The van der Waals surface area contributed by atoms with Crippen LogP contribution in [0, 0.1) is 0 Å². The number of hydrogen-bond donors (Lipinski definition) is 0. The minimum atomic E-state index is -2.16. The predicted molar refractivity (Wildman–Crippen MR) is 136 cm³/mol. The molecule has 1 nitrogen and oxygen atoms in total. The molecule has 0 spiro atoms. The molecule has 0 amide bonds. The molecule has 0 aromatic carbocycles. The van der Waals surface area contributed by atoms with Crippen molar-refractivity contribution in [3.63, 3.8) is 0 Å². The van der Waals surface area contributed by atoms with E-state index < -0.39 is 26.7 Å². The standard InChI is InChI=1S/C13H27OSi.3C4H9.Sn/c1-7-10-12-13(9-3,11-8-2)14-15(4,5)6;3*1-3-4-2;/h2,8H,7,9-12H2,1,3-6H3;3*1,3-4H2,2H3;. The number of hydrogen-bond acceptors (Lipinski definition) is 1. The summed E-state index contributed by atoms with van der Waals surface area (Å²) < 4.78 is 14.4. The molecule has 28 heavy (non-hydrogen) atoms. The van der Waals surface area contributed by atoms with Crippen LogP contribution >= 0.6 is 0 Å². The Hall–Kier alpha value is 0.716. The van der Waals surface area contributed by atoms with E-state index in [1.165, 1.54) is 57.8 Å². The Labute approximate surface area is 184 Å². The third kappa shape index (κ3) is 12.4. The maximum absolute atomic E-state index is 6.85. The van der Waals surface area contributed by atoms with Gasteiger partial charge in [-0.25, -0.2) is 0 Å². The first-order valence-electron chi connectivity index (χ1n) is 12.6. The molecule has 0 aromatic rings. The summed E-state index contributed by atoms with van der Waals surface area (Å²) in [6.45, 7) is 18.9. The van der Waals surface area contributed by atoms with Crippen molar-refractivity contribution in [2.45, 2.75) is 144 Å². The van der Waals surface area contributed by atoms with Crippen molar-refractivity contribution in [1.29, 1.82) is 0 Å². The van der Waals surface area contributed by atoms with Gasteiger partial charge in [0.1, 0.15) is 0 Å². The van der Waals surface area contributed by atoms with Crippen LogP contribution in [-0.2, 0) is 4.43 Å². The molecule has 0 saturated heterocycles. The van der Waals surface area contributed by atoms with Gasteiger partial charge < -0.3 is 0 Å². The van der Waals surface area contributed by atoms with Crippen LogP contribution in [0.3, 0.4) is 0 Å². The van der Waals surface area contributed by atoms with Crippen LogP contribution in [0.4, 0.5) is 0 Å². The average molecular weight is 518 g/mol. The third-order valence-corrected chi connectivity index (χ3v) is 21.5. The molecule has 0 N–H and O–H groups in total. The summed E-state index contributed by atoms with van der Waals surface area (Å²) in [5.41, 5.74) is 0.0921. The Morgan fingerprint density at radius 2 is 1.21 bits per heavy atom. The van der Waals surface area contributed by atoms with Crippen LogP contribution in [-0.4, -0.2) is 32.3 Å². The van der Waals surface area contributed by atoms with Gasteiger partial charge >= 0.3 is 185 Å². The van der Waals surface area contributed by atoms with Gasteiger partial charge in [-0.2, -0.15) is 0 Å². The SMILES string of the molecule is CCCCC(CC)(C/C=[CH]/[Sn]([CH2]CCC)([CH2]CCC)[CH2]CCC)O[Si](C)(C)C. The van der Waals surface area contributed by atoms with Crippen molar-refractivity contribution in [3.8, 4) is 0 Å². The molecule has 0 aromatic heterocycles. The van der Waals surface area contributed by atoms with Gasteiger partial charge in [0.05, 0.1) is 0 Å². The van der Waals surface area contributed by atoms with E-state index in [-0.39, 0.29) is 5.60 Å². The fraction of sp³-hybridized carbons (Fsp3) is 0.920. The van der Waals surface area contributed by atoms with Gasteiger partial charge in [0.25, 0.3) is 0 Å². The Balaban J connectivity index is 5.49. The van der Waals surface area contributed by atoms with Gasteiger partial charge in [-0.1, -0.05) is 0 Å². The van der Waals surface area contributed by atoms with E-state index in [0.717, 1.165) is 12.8 Å². The molecule has 0 aliphatic heterocycles. The monoisotopic (exact) mass is 518 g/mol. The summed E-state index contributed by atoms with van der Waals surface area (Å²) in [7, 11) is -1.54. The molecule has 0 aliphatic rings. The zero-order valence-electron chi connectivity index (χ0n) is 21.0. The second-order valence-corrected chi connectivity index (χ2v) is 27.6. The average Bonchev–Trinajstić information content (AvgIpc) is 2.65. The summed E-state index contributed by atoms with van der Waals surface area (Å²) in [5, 5.41) is 0. The van der Waals surface area contributed by atoms with Crippen molar-refractivity contribution in [2.24, 2.45) is 0 Å². The minimum absolute atomic E-state index is 0.0921. The first kappa shape index (κ1) is 28.7. The molecule has 1 unspecified atom stereocenters. The van der Waals surface area contributed by atoms with Gasteiger partial charge in [0.2, 0.25) is 0 Å². The Bertz CT molecular complexity index is 380. The quantitative estimate of drug-likeness (QED) is 0.165. The van der Waals surface area contributed by atoms with E-state index in [4.69, 9.17) is 4.43 Å². The zero-order valence-corrected chi connectivity index (χ0v) is 24.8. The first-order chi connectivity index (χ1) is 13.2. The van der Waals surface area contributed by atoms with Crippen molar-refractivity contribution in [3.05, 3.63) is 10.2 Å². The first-order valence-corrected chi connectivity index (χ1v) is 23.7. The molecule has 0 saturated carbocycles. The van der Waals surface area contributed by atoms with Gasteiger partial charge in [-0.05, 0) is 0 Å². The van der Waals surface area contributed by atoms with Gasteiger partial charge in [0.15, 0.2) is 0 Å². The van der Waals surface area contributed by atoms with Gasteiger partial charge in [-0.15, -0.1) is 0 Å². The van der Waals surface area contributed by atoms with E-state index in [0.29, 0.717) is 0 Å². The molecule has 0 bridgehead atoms. The summed E-state index contributed by atoms with van der Waals surface area (Å²) in [4.78, 5) is 0. The van der Waals surface area contributed by atoms with Crippen molar-refractivity contribution >= 4 is 26.7 Å². The van der Waals surface area contributed by atoms with E-state index in [9.17, 15) is 0 Å². The second kappa shape index (κ2) is 15.5. The summed E-state index contributed by atoms with van der Waals surface area (Å²) in [6, 6.07) is 0. The fourth-order valence-corrected chi connectivity index (χ4v) is 20.5. The molecule has 0 aliphatic carbocycles. The van der Waals surface area contributed by atoms with Gasteiger partial charge in [-0.3, -0.25) is 0 Å². The molecule has 0 heterocycles. The second-order valence-electron chi connectivity index (χ2n) is 10.1. The van der Waals surface area contributed by atoms with Crippen molar-refractivity contribution in [2.75, 3.05) is 0 Å². The predicted octanol–water partition coefficient (Wildman–Crippen LogP) is 9.51. The zero-order chi connectivity index (χ0) is 21.5.